The van der Waals surface area contributed by atoms with Crippen LogP contribution in [0.25, 0.3) is 61.4 Å². The van der Waals surface area contributed by atoms with Crippen LogP contribution >= 0.6 is 0 Å². The van der Waals surface area contributed by atoms with E-state index in [2.05, 4.69) is 166 Å². The average molecular weight is 649 g/mol. The quantitative estimate of drug-likeness (QED) is 0.161. The lowest BCUT2D eigenvalue weighted by Gasteiger charge is -2.14. The Morgan fingerprint density at radius 1 is 0.500 bits per heavy atom. The van der Waals surface area contributed by atoms with Crippen molar-refractivity contribution in [2.75, 3.05) is 0 Å². The molecule has 0 saturated heterocycles. The fourth-order valence-electron chi connectivity index (χ4n) is 7.12. The number of hydrogen-bond donors (Lipinski definition) is 0. The SMILES string of the molecule is CCc1ccc(-c2cc3c(cc2-c2ccc(CC)cc2)n(-c2ccc(-c4ccccc4)cc2)c(=O)n3-c2ccc(C3=CCCC=C3)cc2)cc1. The molecule has 1 aromatic heterocycles. The Bertz CT molecular complexity index is 2410. The highest BCUT2D eigenvalue weighted by Gasteiger charge is 2.21. The summed E-state index contributed by atoms with van der Waals surface area (Å²) in [5.74, 6) is 0. The summed E-state index contributed by atoms with van der Waals surface area (Å²) in [5.41, 5.74) is 15.0. The summed E-state index contributed by atoms with van der Waals surface area (Å²) in [4.78, 5) is 14.8. The van der Waals surface area contributed by atoms with E-state index in [4.69, 9.17) is 0 Å². The van der Waals surface area contributed by atoms with Gasteiger partial charge >= 0.3 is 5.69 Å². The van der Waals surface area contributed by atoms with Crippen LogP contribution in [0.1, 0.15) is 43.4 Å². The highest BCUT2D eigenvalue weighted by molar-refractivity contribution is 5.95. The normalized spacial score (nSPS) is 12.7. The molecule has 1 heterocycles. The molecular weight excluding hydrogens is 609 g/mol. The molecule has 0 bridgehead atoms. The van der Waals surface area contributed by atoms with Gasteiger partial charge in [-0.05, 0) is 118 Å². The molecule has 1 aliphatic rings. The lowest BCUT2D eigenvalue weighted by molar-refractivity contribution is 0.930. The molecule has 0 amide bonds. The standard InChI is InChI=1S/C47H40N2O/c1-3-33-15-19-39(20-16-33)43-31-45-46(32-44(43)40-21-17-34(4-2)18-22-40)49(42-29-25-38(26-30-42)36-13-9-6-10-14-36)47(50)48(45)41-27-23-37(24-28-41)35-11-7-5-8-12-35/h5,7-9,11-32H,3-4,6,10H2,1-2H3. The molecule has 0 fully saturated rings. The van der Waals surface area contributed by atoms with E-state index in [1.807, 2.05) is 15.2 Å². The fourth-order valence-corrected chi connectivity index (χ4v) is 7.12. The van der Waals surface area contributed by atoms with Crippen molar-refractivity contribution < 1.29 is 0 Å². The van der Waals surface area contributed by atoms with Gasteiger partial charge in [0.25, 0.3) is 0 Å². The summed E-state index contributed by atoms with van der Waals surface area (Å²) in [6.45, 7) is 4.36. The van der Waals surface area contributed by atoms with Crippen molar-refractivity contribution in [3.63, 3.8) is 0 Å². The molecule has 0 spiro atoms. The Kier molecular flexibility index (Phi) is 8.48. The number of aromatic nitrogens is 2. The molecule has 3 nitrogen and oxygen atoms in total. The fraction of sp³-hybridized carbons (Fsp3) is 0.128. The van der Waals surface area contributed by atoms with Crippen LogP contribution in [0.4, 0.5) is 0 Å². The predicted octanol–water partition coefficient (Wildman–Crippen LogP) is 11.6. The second-order valence-electron chi connectivity index (χ2n) is 13.0. The molecule has 1 aliphatic carbocycles. The Morgan fingerprint density at radius 2 is 0.960 bits per heavy atom. The summed E-state index contributed by atoms with van der Waals surface area (Å²) in [7, 11) is 0. The van der Waals surface area contributed by atoms with Gasteiger partial charge in [-0.1, -0.05) is 135 Å². The molecule has 244 valence electrons. The zero-order valence-electron chi connectivity index (χ0n) is 28.6. The van der Waals surface area contributed by atoms with E-state index < -0.39 is 0 Å². The number of hydrogen-bond acceptors (Lipinski definition) is 1. The van der Waals surface area contributed by atoms with Crippen molar-refractivity contribution in [2.24, 2.45) is 0 Å². The largest absolute Gasteiger partial charge is 0.338 e. The number of allylic oxidation sites excluding steroid dienone is 4. The molecule has 0 unspecified atom stereocenters. The first-order chi connectivity index (χ1) is 24.6. The minimum atomic E-state index is -0.0947. The van der Waals surface area contributed by atoms with Gasteiger partial charge in [-0.15, -0.1) is 0 Å². The van der Waals surface area contributed by atoms with Crippen LogP contribution in [0.2, 0.25) is 0 Å². The molecule has 8 rings (SSSR count). The summed E-state index contributed by atoms with van der Waals surface area (Å²) in [5, 5.41) is 0. The molecule has 7 aromatic rings. The minimum absolute atomic E-state index is 0.0947. The summed E-state index contributed by atoms with van der Waals surface area (Å²) in [6, 6.07) is 49.2. The van der Waals surface area contributed by atoms with Crippen LogP contribution in [0.5, 0.6) is 0 Å². The maximum absolute atomic E-state index is 14.8. The Hall–Kier alpha value is -5.93. The zero-order chi connectivity index (χ0) is 34.0. The number of imidazole rings is 1. The molecule has 50 heavy (non-hydrogen) atoms. The van der Waals surface area contributed by atoms with Crippen LogP contribution in [-0.2, 0) is 12.8 Å². The van der Waals surface area contributed by atoms with Crippen LogP contribution in [0, 0.1) is 0 Å². The van der Waals surface area contributed by atoms with Gasteiger partial charge in [0.2, 0.25) is 0 Å². The highest BCUT2D eigenvalue weighted by atomic mass is 16.1. The highest BCUT2D eigenvalue weighted by Crippen LogP contribution is 2.38. The number of nitrogens with zero attached hydrogens (tertiary/aromatic N) is 2. The summed E-state index contributed by atoms with van der Waals surface area (Å²) >= 11 is 0. The van der Waals surface area contributed by atoms with Crippen LogP contribution in [0.15, 0.2) is 163 Å². The van der Waals surface area contributed by atoms with Gasteiger partial charge < -0.3 is 0 Å². The molecule has 0 radical (unpaired) electrons. The molecule has 6 aromatic carbocycles. The smallest absolute Gasteiger partial charge is 0.260 e. The van der Waals surface area contributed by atoms with Gasteiger partial charge in [-0.3, -0.25) is 9.13 Å². The predicted molar refractivity (Wildman–Crippen MR) is 210 cm³/mol. The number of aryl methyl sites for hydroxylation is 2. The van der Waals surface area contributed by atoms with Crippen molar-refractivity contribution >= 4 is 16.6 Å². The van der Waals surface area contributed by atoms with E-state index in [1.54, 1.807) is 0 Å². The third-order valence-electron chi connectivity index (χ3n) is 10.0. The molecule has 0 atom stereocenters. The Balaban J connectivity index is 1.37. The minimum Gasteiger partial charge on any atom is -0.260 e. The van der Waals surface area contributed by atoms with E-state index in [-0.39, 0.29) is 5.69 Å². The average Bonchev–Trinajstić information content (AvgIpc) is 3.48. The first-order valence-corrected chi connectivity index (χ1v) is 17.7. The Morgan fingerprint density at radius 3 is 1.42 bits per heavy atom. The van der Waals surface area contributed by atoms with Gasteiger partial charge in [-0.25, -0.2) is 4.79 Å². The number of fused-ring (bicyclic) bond motifs is 1. The molecule has 0 saturated carbocycles. The topological polar surface area (TPSA) is 26.9 Å². The van der Waals surface area contributed by atoms with E-state index >= 15 is 0 Å². The van der Waals surface area contributed by atoms with E-state index in [0.29, 0.717) is 0 Å². The third-order valence-corrected chi connectivity index (χ3v) is 10.0. The van der Waals surface area contributed by atoms with Crippen molar-refractivity contribution in [2.45, 2.75) is 39.5 Å². The van der Waals surface area contributed by atoms with E-state index in [0.717, 1.165) is 87.0 Å². The molecular formula is C47H40N2O. The lowest BCUT2D eigenvalue weighted by Crippen LogP contribution is -2.22. The van der Waals surface area contributed by atoms with Crippen molar-refractivity contribution in [3.8, 4) is 44.8 Å². The van der Waals surface area contributed by atoms with Crippen LogP contribution in [-0.4, -0.2) is 9.13 Å². The first kappa shape index (κ1) is 31.3. The van der Waals surface area contributed by atoms with E-state index in [1.165, 1.54) is 16.7 Å². The second-order valence-corrected chi connectivity index (χ2v) is 13.0. The van der Waals surface area contributed by atoms with Gasteiger partial charge in [0.1, 0.15) is 0 Å². The second kappa shape index (κ2) is 13.5. The molecule has 3 heteroatoms. The molecule has 0 N–H and O–H groups in total. The molecule has 0 aliphatic heterocycles. The maximum atomic E-state index is 14.8. The maximum Gasteiger partial charge on any atom is 0.338 e. The number of benzene rings is 6. The van der Waals surface area contributed by atoms with Crippen LogP contribution in [0.3, 0.4) is 0 Å². The van der Waals surface area contributed by atoms with Crippen LogP contribution < -0.4 is 5.69 Å². The van der Waals surface area contributed by atoms with Crippen molar-refractivity contribution in [1.29, 1.82) is 0 Å². The monoisotopic (exact) mass is 648 g/mol. The van der Waals surface area contributed by atoms with Crippen molar-refractivity contribution in [1.82, 2.24) is 9.13 Å². The van der Waals surface area contributed by atoms with Crippen molar-refractivity contribution in [3.05, 3.63) is 185 Å². The Labute approximate surface area is 294 Å². The van der Waals surface area contributed by atoms with Gasteiger partial charge in [0, 0.05) is 0 Å². The van der Waals surface area contributed by atoms with Gasteiger partial charge in [0.05, 0.1) is 22.4 Å². The first-order valence-electron chi connectivity index (χ1n) is 17.7. The third kappa shape index (κ3) is 5.86. The zero-order valence-corrected chi connectivity index (χ0v) is 28.6. The van der Waals surface area contributed by atoms with Gasteiger partial charge in [0.15, 0.2) is 0 Å². The number of rotatable bonds is 8. The van der Waals surface area contributed by atoms with Gasteiger partial charge in [-0.2, -0.15) is 0 Å². The summed E-state index contributed by atoms with van der Waals surface area (Å²) in [6.07, 6.45) is 10.8. The summed E-state index contributed by atoms with van der Waals surface area (Å²) < 4.78 is 3.75. The van der Waals surface area contributed by atoms with E-state index in [9.17, 15) is 4.79 Å². The lowest BCUT2D eigenvalue weighted by atomic mass is 9.92.